The van der Waals surface area contributed by atoms with Crippen molar-refractivity contribution in [3.05, 3.63) is 57.6 Å². The maximum absolute atomic E-state index is 12.6. The molecule has 0 aliphatic carbocycles. The first kappa shape index (κ1) is 19.6. The number of hydrogen-bond acceptors (Lipinski definition) is 2. The van der Waals surface area contributed by atoms with Crippen molar-refractivity contribution in [3.8, 4) is 11.5 Å². The lowest BCUT2D eigenvalue weighted by Gasteiger charge is -2.13. The standard InChI is InChI=1S/C14H7BCl2F6O2/c16-11-5-7(1-3-9(11)13(18,19)20)24-15-25-8-2-4-10(12(17)6-8)14(21,22)23/h1-6,15H. The Bertz CT molecular complexity index is 700. The minimum atomic E-state index is -4.59. The molecule has 0 aliphatic rings. The molecule has 0 saturated carbocycles. The summed E-state index contributed by atoms with van der Waals surface area (Å²) in [6.07, 6.45) is -9.19. The van der Waals surface area contributed by atoms with Crippen LogP contribution in [0.4, 0.5) is 26.3 Å². The lowest BCUT2D eigenvalue weighted by Crippen LogP contribution is -2.12. The van der Waals surface area contributed by atoms with E-state index in [1.165, 1.54) is 0 Å². The van der Waals surface area contributed by atoms with Gasteiger partial charge in [0.2, 0.25) is 0 Å². The van der Waals surface area contributed by atoms with Crippen LogP contribution in [0.25, 0.3) is 0 Å². The van der Waals surface area contributed by atoms with Crippen LogP contribution in [-0.2, 0) is 12.4 Å². The molecule has 0 bridgehead atoms. The van der Waals surface area contributed by atoms with Crippen LogP contribution in [-0.4, -0.2) is 7.69 Å². The molecule has 0 heterocycles. The Balaban J connectivity index is 1.99. The van der Waals surface area contributed by atoms with Crippen molar-refractivity contribution in [2.45, 2.75) is 12.4 Å². The molecule has 134 valence electrons. The molecule has 25 heavy (non-hydrogen) atoms. The zero-order chi connectivity index (χ0) is 18.8. The molecule has 0 amide bonds. The fourth-order valence-corrected chi connectivity index (χ4v) is 2.35. The topological polar surface area (TPSA) is 18.5 Å². The third kappa shape index (κ3) is 5.12. The highest BCUT2D eigenvalue weighted by Gasteiger charge is 2.34. The van der Waals surface area contributed by atoms with Crippen LogP contribution in [0.15, 0.2) is 36.4 Å². The first-order valence-corrected chi connectivity index (χ1v) is 7.23. The molecule has 0 saturated heterocycles. The fourth-order valence-electron chi connectivity index (χ4n) is 1.80. The van der Waals surface area contributed by atoms with Crippen molar-refractivity contribution < 1.29 is 35.7 Å². The molecule has 0 atom stereocenters. The Morgan fingerprint density at radius 3 is 1.32 bits per heavy atom. The summed E-state index contributed by atoms with van der Waals surface area (Å²) < 4.78 is 85.5. The highest BCUT2D eigenvalue weighted by atomic mass is 35.5. The summed E-state index contributed by atoms with van der Waals surface area (Å²) in [5.41, 5.74) is -2.03. The second-order valence-electron chi connectivity index (χ2n) is 4.69. The third-order valence-corrected chi connectivity index (χ3v) is 3.57. The van der Waals surface area contributed by atoms with Crippen molar-refractivity contribution >= 4 is 30.9 Å². The first-order valence-electron chi connectivity index (χ1n) is 6.47. The fraction of sp³-hybridized carbons (Fsp3) is 0.143. The first-order chi connectivity index (χ1) is 11.5. The number of alkyl halides is 6. The average Bonchev–Trinajstić information content (AvgIpc) is 2.44. The Kier molecular flexibility index (Phi) is 5.68. The lowest BCUT2D eigenvalue weighted by molar-refractivity contribution is -0.138. The van der Waals surface area contributed by atoms with Crippen LogP contribution < -0.4 is 9.31 Å². The van der Waals surface area contributed by atoms with E-state index in [1.54, 1.807) is 0 Å². The minimum absolute atomic E-state index is 0.00370. The van der Waals surface area contributed by atoms with Gasteiger partial charge in [0.25, 0.3) is 0 Å². The molecule has 2 aromatic rings. The largest absolute Gasteiger partial charge is 0.576 e. The Morgan fingerprint density at radius 2 is 1.04 bits per heavy atom. The number of rotatable bonds is 4. The summed E-state index contributed by atoms with van der Waals surface area (Å²) in [5.74, 6) is -0.00739. The van der Waals surface area contributed by atoms with Gasteiger partial charge in [-0.15, -0.1) is 0 Å². The second kappa shape index (κ2) is 7.25. The summed E-state index contributed by atoms with van der Waals surface area (Å²) in [6.45, 7) is 0. The van der Waals surface area contributed by atoms with Crippen LogP contribution in [0, 0.1) is 0 Å². The predicted octanol–water partition coefficient (Wildman–Crippen LogP) is 5.76. The number of hydrogen-bond donors (Lipinski definition) is 0. The maximum Gasteiger partial charge on any atom is 0.576 e. The third-order valence-electron chi connectivity index (χ3n) is 2.94. The van der Waals surface area contributed by atoms with Gasteiger partial charge >= 0.3 is 20.0 Å². The predicted molar refractivity (Wildman–Crippen MR) is 81.3 cm³/mol. The molecule has 0 unspecified atom stereocenters. The molecule has 0 aromatic heterocycles. The van der Waals surface area contributed by atoms with Crippen LogP contribution in [0.3, 0.4) is 0 Å². The smallest absolute Gasteiger partial charge is 0.528 e. The highest BCUT2D eigenvalue weighted by molar-refractivity contribution is 6.32. The minimum Gasteiger partial charge on any atom is -0.528 e. The van der Waals surface area contributed by atoms with Gasteiger partial charge in [0.15, 0.2) is 0 Å². The molecule has 11 heteroatoms. The molecule has 0 N–H and O–H groups in total. The van der Waals surface area contributed by atoms with Gasteiger partial charge in [0, 0.05) is 0 Å². The van der Waals surface area contributed by atoms with Crippen LogP contribution in [0.5, 0.6) is 11.5 Å². The van der Waals surface area contributed by atoms with Crippen molar-refractivity contribution in [1.29, 1.82) is 0 Å². The van der Waals surface area contributed by atoms with E-state index in [1.807, 2.05) is 0 Å². The van der Waals surface area contributed by atoms with Crippen molar-refractivity contribution in [2.24, 2.45) is 0 Å². The van der Waals surface area contributed by atoms with Gasteiger partial charge in [-0.1, -0.05) is 23.2 Å². The van der Waals surface area contributed by atoms with Crippen LogP contribution in [0.2, 0.25) is 10.0 Å². The Labute approximate surface area is 148 Å². The van der Waals surface area contributed by atoms with Gasteiger partial charge < -0.3 is 9.31 Å². The summed E-state index contributed by atoms with van der Waals surface area (Å²) in [4.78, 5) is 0. The van der Waals surface area contributed by atoms with E-state index >= 15 is 0 Å². The molecular weight excluding hydrogens is 396 g/mol. The molecule has 2 aromatic carbocycles. The molecule has 0 spiro atoms. The lowest BCUT2D eigenvalue weighted by atomic mass is 10.2. The molecule has 0 fully saturated rings. The van der Waals surface area contributed by atoms with E-state index in [-0.39, 0.29) is 11.5 Å². The van der Waals surface area contributed by atoms with Crippen LogP contribution in [0.1, 0.15) is 11.1 Å². The maximum atomic E-state index is 12.6. The summed E-state index contributed by atoms with van der Waals surface area (Å²) in [6, 6.07) is 5.47. The Morgan fingerprint density at radius 1 is 0.680 bits per heavy atom. The van der Waals surface area contributed by atoms with E-state index in [0.29, 0.717) is 0 Å². The van der Waals surface area contributed by atoms with E-state index in [4.69, 9.17) is 32.5 Å². The summed E-state index contributed by atoms with van der Waals surface area (Å²) in [5, 5.41) is -1.11. The monoisotopic (exact) mass is 402 g/mol. The quantitative estimate of drug-likeness (QED) is 0.478. The van der Waals surface area contributed by atoms with Crippen molar-refractivity contribution in [2.75, 3.05) is 0 Å². The number of benzene rings is 2. The zero-order valence-corrected chi connectivity index (χ0v) is 13.5. The van der Waals surface area contributed by atoms with Crippen molar-refractivity contribution in [3.63, 3.8) is 0 Å². The van der Waals surface area contributed by atoms with E-state index in [9.17, 15) is 26.3 Å². The summed E-state index contributed by atoms with van der Waals surface area (Å²) in [7, 11) is -0.469. The highest BCUT2D eigenvalue weighted by Crippen LogP contribution is 2.37. The SMILES string of the molecule is FC(F)(F)c1ccc(OBOc2ccc(C(F)(F)F)c(Cl)c2)cc1Cl. The van der Waals surface area contributed by atoms with Gasteiger partial charge in [-0.3, -0.25) is 0 Å². The van der Waals surface area contributed by atoms with Gasteiger partial charge in [-0.2, -0.15) is 26.3 Å². The second-order valence-corrected chi connectivity index (χ2v) is 5.50. The molecule has 2 nitrogen and oxygen atoms in total. The van der Waals surface area contributed by atoms with Gasteiger partial charge in [0.1, 0.15) is 11.5 Å². The molecule has 0 radical (unpaired) electrons. The molecule has 2 rings (SSSR count). The summed E-state index contributed by atoms with van der Waals surface area (Å²) >= 11 is 11.1. The molecular formula is C14H7BCl2F6O2. The van der Waals surface area contributed by atoms with Gasteiger partial charge in [-0.05, 0) is 36.4 Å². The van der Waals surface area contributed by atoms with E-state index in [0.717, 1.165) is 36.4 Å². The van der Waals surface area contributed by atoms with Crippen LogP contribution >= 0.6 is 23.2 Å². The van der Waals surface area contributed by atoms with Crippen molar-refractivity contribution in [1.82, 2.24) is 0 Å². The van der Waals surface area contributed by atoms with E-state index < -0.39 is 41.2 Å². The van der Waals surface area contributed by atoms with Gasteiger partial charge in [-0.25, -0.2) is 0 Å². The normalized spacial score (nSPS) is 12.0. The average molecular weight is 403 g/mol. The zero-order valence-electron chi connectivity index (χ0n) is 12.0. The Hall–Kier alpha value is -1.74. The number of halogens is 8. The van der Waals surface area contributed by atoms with E-state index in [2.05, 4.69) is 0 Å². The molecule has 0 aliphatic heterocycles. The van der Waals surface area contributed by atoms with Gasteiger partial charge in [0.05, 0.1) is 21.2 Å².